The van der Waals surface area contributed by atoms with Gasteiger partial charge in [-0.25, -0.2) is 0 Å². The number of hydrogen-bond donors (Lipinski definition) is 2. The van der Waals surface area contributed by atoms with E-state index in [-0.39, 0.29) is 17.9 Å². The Hall–Kier alpha value is -1.06. The number of amides is 2. The van der Waals surface area contributed by atoms with Crippen molar-refractivity contribution >= 4 is 11.8 Å². The molecule has 0 radical (unpaired) electrons. The summed E-state index contributed by atoms with van der Waals surface area (Å²) in [5.74, 6) is -0.112. The number of carbonyl (C=O) groups excluding carboxylic acids is 2. The zero-order valence-corrected chi connectivity index (χ0v) is 8.52. The summed E-state index contributed by atoms with van der Waals surface area (Å²) in [5.41, 5.74) is 0. The van der Waals surface area contributed by atoms with Crippen LogP contribution in [0.25, 0.3) is 0 Å². The highest BCUT2D eigenvalue weighted by molar-refractivity contribution is 5.78. The first-order chi connectivity index (χ1) is 6.06. The second kappa shape index (κ2) is 6.46. The molecule has 76 valence electrons. The molecule has 2 N–H and O–H groups in total. The standard InChI is InChI=1S/C9H18N2O2/c1-4-7(2)11-9(13)5-6-10-8(3)12/h7H,4-6H2,1-3H3,(H,10,12)(H,11,13). The van der Waals surface area contributed by atoms with Crippen LogP contribution in [0.3, 0.4) is 0 Å². The smallest absolute Gasteiger partial charge is 0.221 e. The van der Waals surface area contributed by atoms with Crippen LogP contribution in [-0.2, 0) is 9.59 Å². The SMILES string of the molecule is CCC(C)NC(=O)CCNC(C)=O. The molecule has 0 rings (SSSR count). The van der Waals surface area contributed by atoms with E-state index in [0.29, 0.717) is 13.0 Å². The lowest BCUT2D eigenvalue weighted by molar-refractivity contribution is -0.122. The quantitative estimate of drug-likeness (QED) is 0.654. The zero-order chi connectivity index (χ0) is 10.3. The molecule has 4 heteroatoms. The van der Waals surface area contributed by atoms with Crippen molar-refractivity contribution in [2.24, 2.45) is 0 Å². The summed E-state index contributed by atoms with van der Waals surface area (Å²) in [6, 6.07) is 0.213. The first-order valence-corrected chi connectivity index (χ1v) is 4.60. The van der Waals surface area contributed by atoms with E-state index < -0.39 is 0 Å². The van der Waals surface area contributed by atoms with Gasteiger partial charge in [-0.2, -0.15) is 0 Å². The number of nitrogens with one attached hydrogen (secondary N) is 2. The normalized spacial score (nSPS) is 11.9. The van der Waals surface area contributed by atoms with Crippen LogP contribution >= 0.6 is 0 Å². The Morgan fingerprint density at radius 2 is 2.00 bits per heavy atom. The van der Waals surface area contributed by atoms with Crippen LogP contribution in [0.1, 0.15) is 33.6 Å². The van der Waals surface area contributed by atoms with Crippen molar-refractivity contribution in [3.8, 4) is 0 Å². The first kappa shape index (κ1) is 11.9. The van der Waals surface area contributed by atoms with Gasteiger partial charge in [-0.15, -0.1) is 0 Å². The minimum Gasteiger partial charge on any atom is -0.356 e. The van der Waals surface area contributed by atoms with Gasteiger partial charge in [0.15, 0.2) is 0 Å². The predicted molar refractivity (Wildman–Crippen MR) is 51.2 cm³/mol. The van der Waals surface area contributed by atoms with Gasteiger partial charge >= 0.3 is 0 Å². The van der Waals surface area contributed by atoms with E-state index in [1.807, 2.05) is 13.8 Å². The fourth-order valence-corrected chi connectivity index (χ4v) is 0.801. The number of rotatable bonds is 5. The second-order valence-electron chi connectivity index (χ2n) is 3.11. The van der Waals surface area contributed by atoms with Crippen molar-refractivity contribution < 1.29 is 9.59 Å². The van der Waals surface area contributed by atoms with E-state index in [9.17, 15) is 9.59 Å². The minimum absolute atomic E-state index is 0.0110. The van der Waals surface area contributed by atoms with Crippen LogP contribution in [0.2, 0.25) is 0 Å². The Bertz CT molecular complexity index is 180. The Kier molecular flexibility index (Phi) is 5.93. The molecule has 0 aromatic heterocycles. The molecule has 13 heavy (non-hydrogen) atoms. The van der Waals surface area contributed by atoms with Gasteiger partial charge in [-0.1, -0.05) is 6.92 Å². The van der Waals surface area contributed by atoms with Gasteiger partial charge in [-0.05, 0) is 13.3 Å². The molecule has 0 aliphatic heterocycles. The van der Waals surface area contributed by atoms with Crippen LogP contribution < -0.4 is 10.6 Å². The lowest BCUT2D eigenvalue weighted by Crippen LogP contribution is -2.34. The Morgan fingerprint density at radius 1 is 1.38 bits per heavy atom. The highest BCUT2D eigenvalue weighted by Gasteiger charge is 2.04. The van der Waals surface area contributed by atoms with Crippen LogP contribution in [0, 0.1) is 0 Å². The molecular weight excluding hydrogens is 168 g/mol. The summed E-state index contributed by atoms with van der Waals surface area (Å²) in [4.78, 5) is 21.6. The minimum atomic E-state index is -0.101. The molecule has 1 unspecified atom stereocenters. The molecule has 0 spiro atoms. The molecule has 0 fully saturated rings. The summed E-state index contributed by atoms with van der Waals surface area (Å²) in [7, 11) is 0. The van der Waals surface area contributed by atoms with Crippen LogP contribution in [0.15, 0.2) is 0 Å². The van der Waals surface area contributed by atoms with Gasteiger partial charge in [0.2, 0.25) is 11.8 Å². The van der Waals surface area contributed by atoms with Crippen LogP contribution in [-0.4, -0.2) is 24.4 Å². The van der Waals surface area contributed by atoms with Crippen molar-refractivity contribution in [1.82, 2.24) is 10.6 Å². The van der Waals surface area contributed by atoms with Gasteiger partial charge < -0.3 is 10.6 Å². The van der Waals surface area contributed by atoms with E-state index in [4.69, 9.17) is 0 Å². The maximum atomic E-state index is 11.1. The summed E-state index contributed by atoms with van der Waals surface area (Å²) in [6.45, 7) is 5.82. The van der Waals surface area contributed by atoms with Crippen molar-refractivity contribution in [1.29, 1.82) is 0 Å². The molecule has 0 saturated heterocycles. The lowest BCUT2D eigenvalue weighted by Gasteiger charge is -2.10. The van der Waals surface area contributed by atoms with Gasteiger partial charge in [0.05, 0.1) is 0 Å². The van der Waals surface area contributed by atoms with E-state index >= 15 is 0 Å². The van der Waals surface area contributed by atoms with Gasteiger partial charge in [0.1, 0.15) is 0 Å². The van der Waals surface area contributed by atoms with Crippen LogP contribution in [0.5, 0.6) is 0 Å². The van der Waals surface area contributed by atoms with Crippen molar-refractivity contribution in [2.45, 2.75) is 39.7 Å². The fourth-order valence-electron chi connectivity index (χ4n) is 0.801. The average Bonchev–Trinajstić information content (AvgIpc) is 2.03. The van der Waals surface area contributed by atoms with E-state index in [1.54, 1.807) is 0 Å². The maximum absolute atomic E-state index is 11.1. The number of carbonyl (C=O) groups is 2. The molecule has 1 atom stereocenters. The molecule has 0 saturated carbocycles. The third-order valence-corrected chi connectivity index (χ3v) is 1.75. The van der Waals surface area contributed by atoms with E-state index in [1.165, 1.54) is 6.92 Å². The molecule has 0 aliphatic carbocycles. The van der Waals surface area contributed by atoms with Crippen molar-refractivity contribution in [2.75, 3.05) is 6.54 Å². The van der Waals surface area contributed by atoms with Gasteiger partial charge in [0, 0.05) is 25.9 Å². The third kappa shape index (κ3) is 7.31. The summed E-state index contributed by atoms with van der Waals surface area (Å²) in [6.07, 6.45) is 1.27. The molecular formula is C9H18N2O2. The first-order valence-electron chi connectivity index (χ1n) is 4.60. The molecule has 4 nitrogen and oxygen atoms in total. The average molecular weight is 186 g/mol. The summed E-state index contributed by atoms with van der Waals surface area (Å²) >= 11 is 0. The topological polar surface area (TPSA) is 58.2 Å². The monoisotopic (exact) mass is 186 g/mol. The van der Waals surface area contributed by atoms with Gasteiger partial charge in [-0.3, -0.25) is 9.59 Å². The molecule has 0 bridgehead atoms. The zero-order valence-electron chi connectivity index (χ0n) is 8.52. The lowest BCUT2D eigenvalue weighted by atomic mass is 10.2. The molecule has 0 aromatic carbocycles. The largest absolute Gasteiger partial charge is 0.356 e. The highest BCUT2D eigenvalue weighted by atomic mass is 16.2. The fraction of sp³-hybridized carbons (Fsp3) is 0.778. The Morgan fingerprint density at radius 3 is 2.46 bits per heavy atom. The van der Waals surface area contributed by atoms with Crippen molar-refractivity contribution in [3.05, 3.63) is 0 Å². The molecule has 0 aliphatic rings. The molecule has 2 amide bonds. The highest BCUT2D eigenvalue weighted by Crippen LogP contribution is 1.88. The maximum Gasteiger partial charge on any atom is 0.221 e. The Balaban J connectivity index is 3.46. The van der Waals surface area contributed by atoms with Gasteiger partial charge in [0.25, 0.3) is 0 Å². The molecule has 0 aromatic rings. The predicted octanol–water partition coefficient (Wildman–Crippen LogP) is 0.427. The number of hydrogen-bond acceptors (Lipinski definition) is 2. The third-order valence-electron chi connectivity index (χ3n) is 1.75. The van der Waals surface area contributed by atoms with E-state index in [0.717, 1.165) is 6.42 Å². The summed E-state index contributed by atoms with van der Waals surface area (Å²) < 4.78 is 0. The Labute approximate surface area is 79.1 Å². The second-order valence-corrected chi connectivity index (χ2v) is 3.11. The van der Waals surface area contributed by atoms with Crippen LogP contribution in [0.4, 0.5) is 0 Å². The van der Waals surface area contributed by atoms with Crippen molar-refractivity contribution in [3.63, 3.8) is 0 Å². The summed E-state index contributed by atoms with van der Waals surface area (Å²) in [5, 5.41) is 5.38. The molecule has 0 heterocycles. The van der Waals surface area contributed by atoms with E-state index in [2.05, 4.69) is 10.6 Å².